The van der Waals surface area contributed by atoms with Crippen LogP contribution in [0.2, 0.25) is 0 Å². The third kappa shape index (κ3) is 6.19. The number of rotatable bonds is 6. The van der Waals surface area contributed by atoms with Crippen LogP contribution >= 0.6 is 85.2 Å². The molecule has 0 unspecified atom stereocenters. The molecule has 0 aromatic heterocycles. The van der Waals surface area contributed by atoms with Crippen molar-refractivity contribution in [2.24, 2.45) is 0 Å². The Balaban J connectivity index is 2.07. The van der Waals surface area contributed by atoms with E-state index >= 15 is 0 Å². The largest absolute Gasteiger partial charge is 0.372 e. The minimum Gasteiger partial charge on any atom is -0.311 e. The molecule has 0 saturated carbocycles. The van der Waals surface area contributed by atoms with Gasteiger partial charge in [-0.3, -0.25) is 0 Å². The summed E-state index contributed by atoms with van der Waals surface area (Å²) in [6.07, 6.45) is 1.82. The van der Waals surface area contributed by atoms with Crippen molar-refractivity contribution in [1.29, 1.82) is 0 Å². The normalized spacial score (nSPS) is 12.8. The lowest BCUT2D eigenvalue weighted by molar-refractivity contribution is 1.27. The Hall–Kier alpha value is 0.274. The molecule has 3 rings (SSSR count). The zero-order valence-electron chi connectivity index (χ0n) is 15.5. The summed E-state index contributed by atoms with van der Waals surface area (Å²) in [6.45, 7) is 0. The number of hydrogen-bond acceptors (Lipinski definition) is 1. The van der Waals surface area contributed by atoms with Crippen LogP contribution in [-0.4, -0.2) is 19.7 Å². The lowest BCUT2D eigenvalue weighted by atomic mass is 10.2. The summed E-state index contributed by atoms with van der Waals surface area (Å²) in [5, 5.41) is 1.68. The molecular weight excluding hydrogens is 579 g/mol. The number of anilines is 3. The maximum Gasteiger partial charge on any atom is 0.372 e. The molecule has 11 heteroatoms. The molecule has 0 amide bonds. The first-order chi connectivity index (χ1) is 14.0. The predicted molar refractivity (Wildman–Crippen MR) is 146 cm³/mol. The van der Waals surface area contributed by atoms with Crippen molar-refractivity contribution in [2.75, 3.05) is 11.2 Å². The molecule has 0 spiro atoms. The van der Waals surface area contributed by atoms with Gasteiger partial charge in [0.05, 0.1) is 0 Å². The summed E-state index contributed by atoms with van der Waals surface area (Å²) in [4.78, 5) is 2.98. The van der Waals surface area contributed by atoms with Gasteiger partial charge in [-0.2, -0.15) is 0 Å². The molecule has 3 aromatic rings. The molecule has 1 nitrogen and oxygen atoms in total. The van der Waals surface area contributed by atoms with Crippen molar-refractivity contribution in [3.63, 3.8) is 0 Å². The third-order valence-corrected chi connectivity index (χ3v) is 11.9. The van der Waals surface area contributed by atoms with E-state index in [1.54, 1.807) is 0 Å². The van der Waals surface area contributed by atoms with Gasteiger partial charge in [-0.15, -0.1) is 55.4 Å². The van der Waals surface area contributed by atoms with E-state index in [-0.39, 0.29) is 0 Å². The zero-order chi connectivity index (χ0) is 22.1. The fraction of sp³-hybridized carbons (Fsp3) is 0.0526. The van der Waals surface area contributed by atoms with Gasteiger partial charge in [0, 0.05) is 22.0 Å². The molecule has 0 atom stereocenters. The average molecular weight is 595 g/mol. The average Bonchev–Trinajstić information content (AvgIpc) is 2.68. The molecule has 0 radical (unpaired) electrons. The summed E-state index contributed by atoms with van der Waals surface area (Å²) in [5.41, 5.74) is 2.80. The number of halogens is 7. The molecule has 0 saturated heterocycles. The Labute approximate surface area is 213 Å². The van der Waals surface area contributed by atoms with Crippen LogP contribution in [0.4, 0.5) is 17.1 Å². The SMILES string of the molecule is CS(Cl)(Cl)c1ccc(N(c2ccc([SiH](Cl)Cl)cc2)c2ccc([Si](Cl)(Cl)Cl)cc2)cc1. The summed E-state index contributed by atoms with van der Waals surface area (Å²) in [6, 6.07) is 20.4. The van der Waals surface area contributed by atoms with Crippen molar-refractivity contribution in [1.82, 2.24) is 0 Å². The minimum absolute atomic E-state index is 0.726. The van der Waals surface area contributed by atoms with E-state index in [1.807, 2.05) is 79.1 Å². The molecule has 0 aliphatic rings. The van der Waals surface area contributed by atoms with Gasteiger partial charge in [0.15, 0.2) is 0 Å². The van der Waals surface area contributed by atoms with Crippen molar-refractivity contribution >= 4 is 126 Å². The van der Waals surface area contributed by atoms with E-state index in [4.69, 9.17) is 76.8 Å². The zero-order valence-corrected chi connectivity index (χ0v) is 23.8. The van der Waals surface area contributed by atoms with E-state index in [0.717, 1.165) is 32.3 Å². The second-order valence-electron chi connectivity index (χ2n) is 6.49. The van der Waals surface area contributed by atoms with Crippen LogP contribution < -0.4 is 15.3 Å². The molecular formula is C19H16Cl7NSSi2. The Bertz CT molecular complexity index is 928. The first-order valence-electron chi connectivity index (χ1n) is 8.60. The molecule has 0 bridgehead atoms. The second-order valence-corrected chi connectivity index (χ2v) is 25.6. The molecule has 0 N–H and O–H groups in total. The summed E-state index contributed by atoms with van der Waals surface area (Å²) < 4.78 is 0. The summed E-state index contributed by atoms with van der Waals surface area (Å²) >= 11 is 30.7. The highest BCUT2D eigenvalue weighted by Gasteiger charge is 2.28. The van der Waals surface area contributed by atoms with E-state index < -0.39 is 21.9 Å². The highest BCUT2D eigenvalue weighted by atomic mass is 36.0. The molecule has 0 aliphatic carbocycles. The number of hydrogen-bond donors (Lipinski definition) is 0. The van der Waals surface area contributed by atoms with Gasteiger partial charge in [0.1, 0.15) is 0 Å². The van der Waals surface area contributed by atoms with Crippen LogP contribution in [0.1, 0.15) is 0 Å². The third-order valence-electron chi connectivity index (χ3n) is 4.36. The van der Waals surface area contributed by atoms with Crippen molar-refractivity contribution in [3.8, 4) is 0 Å². The van der Waals surface area contributed by atoms with Gasteiger partial charge in [-0.25, -0.2) is 0 Å². The topological polar surface area (TPSA) is 3.24 Å². The Morgan fingerprint density at radius 2 is 1.10 bits per heavy atom. The van der Waals surface area contributed by atoms with Crippen molar-refractivity contribution in [3.05, 3.63) is 72.8 Å². The maximum atomic E-state index is 6.31. The molecule has 0 heterocycles. The number of nitrogens with zero attached hydrogens (tertiary/aromatic N) is 1. The highest BCUT2D eigenvalue weighted by Crippen LogP contribution is 2.62. The van der Waals surface area contributed by atoms with Gasteiger partial charge < -0.3 is 4.90 Å². The van der Waals surface area contributed by atoms with Crippen LogP contribution in [-0.2, 0) is 0 Å². The highest BCUT2D eigenvalue weighted by molar-refractivity contribution is 8.65. The standard InChI is InChI=1S/C19H16Cl7NSSi2/c1-28(20,21)17-8-2-14(3-9-17)27(15-4-10-18(11-5-15)29(22)23)16-6-12-19(13-7-16)30(24,25)26/h2-13,29H,1H3. The van der Waals surface area contributed by atoms with Crippen LogP contribution in [0.25, 0.3) is 0 Å². The van der Waals surface area contributed by atoms with Crippen LogP contribution in [0, 0.1) is 0 Å². The quantitative estimate of drug-likeness (QED) is 0.206. The predicted octanol–water partition coefficient (Wildman–Crippen LogP) is 8.02. The first kappa shape index (κ1) is 24.9. The van der Waals surface area contributed by atoms with Gasteiger partial charge in [-0.1, -0.05) is 32.7 Å². The van der Waals surface area contributed by atoms with E-state index in [9.17, 15) is 0 Å². The van der Waals surface area contributed by atoms with Gasteiger partial charge in [0.25, 0.3) is 7.42 Å². The lowest BCUT2D eigenvalue weighted by Gasteiger charge is -2.27. The Morgan fingerprint density at radius 1 is 0.700 bits per heavy atom. The molecule has 0 aliphatic heterocycles. The summed E-state index contributed by atoms with van der Waals surface area (Å²) in [5.74, 6) is 0. The van der Waals surface area contributed by atoms with Gasteiger partial charge in [0.2, 0.25) is 0 Å². The van der Waals surface area contributed by atoms with Crippen molar-refractivity contribution < 1.29 is 0 Å². The first-order valence-corrected chi connectivity index (χ1v) is 21.4. The lowest BCUT2D eigenvalue weighted by Crippen LogP contribution is -2.29. The maximum absolute atomic E-state index is 6.31. The van der Waals surface area contributed by atoms with Crippen LogP contribution in [0.5, 0.6) is 0 Å². The smallest absolute Gasteiger partial charge is 0.311 e. The van der Waals surface area contributed by atoms with E-state index in [1.165, 1.54) is 0 Å². The molecule has 0 fully saturated rings. The van der Waals surface area contributed by atoms with E-state index in [2.05, 4.69) is 4.90 Å². The summed E-state index contributed by atoms with van der Waals surface area (Å²) in [7, 11) is 8.85. The van der Waals surface area contributed by atoms with Gasteiger partial charge in [-0.05, 0) is 86.5 Å². The fourth-order valence-electron chi connectivity index (χ4n) is 2.85. The van der Waals surface area contributed by atoms with E-state index in [0.29, 0.717) is 0 Å². The molecule has 160 valence electrons. The van der Waals surface area contributed by atoms with Crippen molar-refractivity contribution in [2.45, 2.75) is 4.90 Å². The Kier molecular flexibility index (Phi) is 8.34. The van der Waals surface area contributed by atoms with Crippen LogP contribution in [0.15, 0.2) is 77.7 Å². The van der Waals surface area contributed by atoms with Crippen LogP contribution in [0.3, 0.4) is 0 Å². The Morgan fingerprint density at radius 3 is 1.47 bits per heavy atom. The van der Waals surface area contributed by atoms with Gasteiger partial charge >= 0.3 is 6.00 Å². The molecule has 3 aromatic carbocycles. The fourth-order valence-corrected chi connectivity index (χ4v) is 7.12. The number of benzene rings is 3. The molecule has 30 heavy (non-hydrogen) atoms. The minimum atomic E-state index is -2.95. The monoisotopic (exact) mass is 591 g/mol. The second kappa shape index (κ2) is 10.0.